The van der Waals surface area contributed by atoms with Gasteiger partial charge in [0, 0.05) is 0 Å². The molecule has 12 heavy (non-hydrogen) atoms. The van der Waals surface area contributed by atoms with Gasteiger partial charge in [-0.1, -0.05) is 52.7 Å². The zero-order valence-electron chi connectivity index (χ0n) is 9.35. The maximum Gasteiger partial charge on any atom is -0.0175 e. The van der Waals surface area contributed by atoms with Crippen LogP contribution in [-0.2, 0) is 0 Å². The van der Waals surface area contributed by atoms with Gasteiger partial charge in [-0.05, 0) is 24.7 Å². The molecule has 0 heterocycles. The second-order valence-corrected chi connectivity index (χ2v) is 4.77. The molecule has 0 fully saturated rings. The molecular formula is C12H24. The molecule has 0 radical (unpaired) electrons. The average molecular weight is 168 g/mol. The van der Waals surface area contributed by atoms with Crippen molar-refractivity contribution in [3.8, 4) is 0 Å². The highest BCUT2D eigenvalue weighted by atomic mass is 14.2. The number of allylic oxidation sites excluding steroid dienone is 2. The van der Waals surface area contributed by atoms with Crippen molar-refractivity contribution in [2.24, 2.45) is 11.3 Å². The van der Waals surface area contributed by atoms with Crippen molar-refractivity contribution >= 4 is 0 Å². The molecule has 0 aliphatic carbocycles. The Hall–Kier alpha value is -0.260. The normalized spacial score (nSPS) is 13.2. The van der Waals surface area contributed by atoms with Crippen molar-refractivity contribution in [3.05, 3.63) is 12.2 Å². The first-order chi connectivity index (χ1) is 5.48. The Balaban J connectivity index is 3.61. The van der Waals surface area contributed by atoms with Crippen LogP contribution in [0.15, 0.2) is 12.2 Å². The summed E-state index contributed by atoms with van der Waals surface area (Å²) in [4.78, 5) is 0. The molecule has 0 aliphatic rings. The molecule has 0 atom stereocenters. The van der Waals surface area contributed by atoms with Gasteiger partial charge in [0.15, 0.2) is 0 Å². The fourth-order valence-electron chi connectivity index (χ4n) is 1.50. The lowest BCUT2D eigenvalue weighted by Gasteiger charge is -2.20. The van der Waals surface area contributed by atoms with Gasteiger partial charge >= 0.3 is 0 Å². The summed E-state index contributed by atoms with van der Waals surface area (Å²) in [5, 5.41) is 0. The maximum atomic E-state index is 2.31. The lowest BCUT2D eigenvalue weighted by Crippen LogP contribution is -2.07. The standard InChI is InChI=1S/C12H24/c1-6-9-12(4,5)10-7-8-11(2)3/h6,9,11H,7-8,10H2,1-5H3. The number of hydrogen-bond acceptors (Lipinski definition) is 0. The minimum Gasteiger partial charge on any atom is -0.0911 e. The van der Waals surface area contributed by atoms with E-state index < -0.39 is 0 Å². The van der Waals surface area contributed by atoms with E-state index in [1.165, 1.54) is 19.3 Å². The molecule has 0 rings (SSSR count). The summed E-state index contributed by atoms with van der Waals surface area (Å²) in [5.41, 5.74) is 0.406. The molecule has 0 N–H and O–H groups in total. The van der Waals surface area contributed by atoms with E-state index in [2.05, 4.69) is 46.8 Å². The predicted octanol–water partition coefficient (Wildman–Crippen LogP) is 4.42. The lowest BCUT2D eigenvalue weighted by molar-refractivity contribution is 0.393. The second-order valence-electron chi connectivity index (χ2n) is 4.77. The smallest absolute Gasteiger partial charge is 0.0175 e. The van der Waals surface area contributed by atoms with Crippen molar-refractivity contribution in [3.63, 3.8) is 0 Å². The third-order valence-electron chi connectivity index (χ3n) is 2.22. The predicted molar refractivity (Wildman–Crippen MR) is 57.3 cm³/mol. The lowest BCUT2D eigenvalue weighted by atomic mass is 9.86. The molecule has 0 saturated carbocycles. The van der Waals surface area contributed by atoms with Crippen LogP contribution in [0.3, 0.4) is 0 Å². The van der Waals surface area contributed by atoms with Crippen LogP contribution >= 0.6 is 0 Å². The van der Waals surface area contributed by atoms with E-state index in [9.17, 15) is 0 Å². The van der Waals surface area contributed by atoms with Gasteiger partial charge in [-0.2, -0.15) is 0 Å². The quantitative estimate of drug-likeness (QED) is 0.533. The van der Waals surface area contributed by atoms with Gasteiger partial charge < -0.3 is 0 Å². The third kappa shape index (κ3) is 6.45. The van der Waals surface area contributed by atoms with E-state index >= 15 is 0 Å². The molecule has 0 saturated heterocycles. The fourth-order valence-corrected chi connectivity index (χ4v) is 1.50. The third-order valence-corrected chi connectivity index (χ3v) is 2.22. The Morgan fingerprint density at radius 2 is 1.83 bits per heavy atom. The molecule has 0 aliphatic heterocycles. The van der Waals surface area contributed by atoms with Crippen LogP contribution in [0.2, 0.25) is 0 Å². The van der Waals surface area contributed by atoms with E-state index in [1.54, 1.807) is 0 Å². The van der Waals surface area contributed by atoms with Crippen LogP contribution in [-0.4, -0.2) is 0 Å². The SMILES string of the molecule is CC=CC(C)(C)CCCC(C)C. The molecule has 0 nitrogen and oxygen atoms in total. The number of rotatable bonds is 5. The van der Waals surface area contributed by atoms with Crippen molar-refractivity contribution in [2.75, 3.05) is 0 Å². The van der Waals surface area contributed by atoms with Crippen molar-refractivity contribution in [1.82, 2.24) is 0 Å². The van der Waals surface area contributed by atoms with Crippen LogP contribution in [0.25, 0.3) is 0 Å². The van der Waals surface area contributed by atoms with E-state index in [0.29, 0.717) is 5.41 Å². The van der Waals surface area contributed by atoms with Gasteiger partial charge in [0.2, 0.25) is 0 Å². The molecule has 0 aromatic rings. The minimum atomic E-state index is 0.406. The van der Waals surface area contributed by atoms with Gasteiger partial charge in [-0.25, -0.2) is 0 Å². The zero-order chi connectivity index (χ0) is 9.61. The van der Waals surface area contributed by atoms with Gasteiger partial charge in [0.05, 0.1) is 0 Å². The van der Waals surface area contributed by atoms with E-state index in [-0.39, 0.29) is 0 Å². The van der Waals surface area contributed by atoms with Crippen LogP contribution in [0.1, 0.15) is 53.9 Å². The maximum absolute atomic E-state index is 2.31. The topological polar surface area (TPSA) is 0 Å². The van der Waals surface area contributed by atoms with E-state index in [0.717, 1.165) is 5.92 Å². The van der Waals surface area contributed by atoms with Crippen LogP contribution in [0, 0.1) is 11.3 Å². The first-order valence-corrected chi connectivity index (χ1v) is 5.12. The first-order valence-electron chi connectivity index (χ1n) is 5.12. The summed E-state index contributed by atoms with van der Waals surface area (Å²) in [5.74, 6) is 0.853. The molecular weight excluding hydrogens is 144 g/mol. The largest absolute Gasteiger partial charge is 0.0911 e. The Morgan fingerprint density at radius 3 is 2.25 bits per heavy atom. The van der Waals surface area contributed by atoms with Crippen molar-refractivity contribution in [1.29, 1.82) is 0 Å². The van der Waals surface area contributed by atoms with Gasteiger partial charge in [-0.3, -0.25) is 0 Å². The summed E-state index contributed by atoms with van der Waals surface area (Å²) < 4.78 is 0. The van der Waals surface area contributed by atoms with Crippen molar-refractivity contribution < 1.29 is 0 Å². The highest BCUT2D eigenvalue weighted by Gasteiger charge is 2.12. The van der Waals surface area contributed by atoms with E-state index in [4.69, 9.17) is 0 Å². The summed E-state index contributed by atoms with van der Waals surface area (Å²) in [6.45, 7) is 11.3. The summed E-state index contributed by atoms with van der Waals surface area (Å²) in [6, 6.07) is 0. The Morgan fingerprint density at radius 1 is 1.25 bits per heavy atom. The Kier molecular flexibility index (Phi) is 5.28. The number of hydrogen-bond donors (Lipinski definition) is 0. The molecule has 72 valence electrons. The van der Waals surface area contributed by atoms with Gasteiger partial charge in [-0.15, -0.1) is 0 Å². The summed E-state index contributed by atoms with van der Waals surface area (Å²) >= 11 is 0. The van der Waals surface area contributed by atoms with Gasteiger partial charge in [0.1, 0.15) is 0 Å². The first kappa shape index (κ1) is 11.7. The highest BCUT2D eigenvalue weighted by Crippen LogP contribution is 2.25. The van der Waals surface area contributed by atoms with Gasteiger partial charge in [0.25, 0.3) is 0 Å². The Labute approximate surface area is 78.1 Å². The van der Waals surface area contributed by atoms with Crippen LogP contribution < -0.4 is 0 Å². The second kappa shape index (κ2) is 5.40. The molecule has 0 amide bonds. The minimum absolute atomic E-state index is 0.406. The highest BCUT2D eigenvalue weighted by molar-refractivity contribution is 4.92. The van der Waals surface area contributed by atoms with Crippen LogP contribution in [0.5, 0.6) is 0 Å². The average Bonchev–Trinajstić information content (AvgIpc) is 1.85. The fraction of sp³-hybridized carbons (Fsp3) is 0.833. The molecule has 0 unspecified atom stereocenters. The molecule has 0 bridgehead atoms. The summed E-state index contributed by atoms with van der Waals surface area (Å²) in [7, 11) is 0. The zero-order valence-corrected chi connectivity index (χ0v) is 9.35. The molecule has 0 aromatic carbocycles. The monoisotopic (exact) mass is 168 g/mol. The Bertz CT molecular complexity index is 129. The summed E-state index contributed by atoms with van der Waals surface area (Å²) in [6.07, 6.45) is 8.51. The molecule has 0 aromatic heterocycles. The van der Waals surface area contributed by atoms with E-state index in [1.807, 2.05) is 0 Å². The van der Waals surface area contributed by atoms with Crippen molar-refractivity contribution in [2.45, 2.75) is 53.9 Å². The van der Waals surface area contributed by atoms with Crippen LogP contribution in [0.4, 0.5) is 0 Å². The molecule has 0 heteroatoms. The molecule has 0 spiro atoms.